The van der Waals surface area contributed by atoms with Crippen LogP contribution < -0.4 is 15.1 Å². The van der Waals surface area contributed by atoms with Gasteiger partial charge in [0.05, 0.1) is 26.4 Å². The van der Waals surface area contributed by atoms with Gasteiger partial charge in [0.15, 0.2) is 0 Å². The molecule has 0 amide bonds. The molecular formula is C19H27ClN6O2. The van der Waals surface area contributed by atoms with Gasteiger partial charge in [-0.1, -0.05) is 17.7 Å². The average Bonchev–Trinajstić information content (AvgIpc) is 2.71. The van der Waals surface area contributed by atoms with Crippen LogP contribution in [0.25, 0.3) is 0 Å². The molecule has 3 heterocycles. The van der Waals surface area contributed by atoms with Crippen molar-refractivity contribution in [3.63, 3.8) is 0 Å². The Kier molecular flexibility index (Phi) is 6.88. The minimum absolute atomic E-state index is 0. The van der Waals surface area contributed by atoms with Crippen LogP contribution in [0.4, 0.5) is 23.5 Å². The van der Waals surface area contributed by atoms with Crippen LogP contribution in [0.5, 0.6) is 0 Å². The van der Waals surface area contributed by atoms with Crippen LogP contribution >= 0.6 is 12.4 Å². The van der Waals surface area contributed by atoms with Gasteiger partial charge in [0.2, 0.25) is 17.8 Å². The van der Waals surface area contributed by atoms with Crippen LogP contribution in [0, 0.1) is 13.8 Å². The third-order valence-corrected chi connectivity index (χ3v) is 4.83. The van der Waals surface area contributed by atoms with E-state index in [1.807, 2.05) is 0 Å². The third-order valence-electron chi connectivity index (χ3n) is 4.83. The Hall–Kier alpha value is -2.16. The highest BCUT2D eigenvalue weighted by molar-refractivity contribution is 5.85. The maximum atomic E-state index is 5.47. The van der Waals surface area contributed by atoms with Crippen molar-refractivity contribution in [3.8, 4) is 0 Å². The van der Waals surface area contributed by atoms with Gasteiger partial charge in [0, 0.05) is 31.9 Å². The van der Waals surface area contributed by atoms with E-state index in [-0.39, 0.29) is 12.4 Å². The van der Waals surface area contributed by atoms with E-state index in [0.29, 0.717) is 44.3 Å². The zero-order valence-electron chi connectivity index (χ0n) is 16.3. The van der Waals surface area contributed by atoms with Crippen molar-refractivity contribution in [1.82, 2.24) is 15.0 Å². The maximum Gasteiger partial charge on any atom is 0.233 e. The minimum atomic E-state index is 0. The Morgan fingerprint density at radius 2 is 1.36 bits per heavy atom. The number of aryl methyl sites for hydroxylation is 2. The molecule has 2 fully saturated rings. The van der Waals surface area contributed by atoms with Crippen LogP contribution in [0.1, 0.15) is 11.1 Å². The van der Waals surface area contributed by atoms with Crippen LogP contribution in [0.15, 0.2) is 18.2 Å². The molecule has 2 saturated heterocycles. The monoisotopic (exact) mass is 406 g/mol. The normalized spacial score (nSPS) is 17.2. The second kappa shape index (κ2) is 9.36. The molecule has 0 aliphatic carbocycles. The molecule has 4 rings (SSSR count). The number of nitrogens with zero attached hydrogens (tertiary/aromatic N) is 5. The summed E-state index contributed by atoms with van der Waals surface area (Å²) in [5, 5.41) is 3.38. The first-order chi connectivity index (χ1) is 13.2. The second-order valence-corrected chi connectivity index (χ2v) is 6.90. The van der Waals surface area contributed by atoms with Crippen molar-refractivity contribution < 1.29 is 9.47 Å². The summed E-state index contributed by atoms with van der Waals surface area (Å²) in [5.74, 6) is 1.96. The standard InChI is InChI=1S/C19H26N6O2.ClH/c1-14-3-4-16(15(2)13-14)20-17-21-18(24-5-9-26-10-6-24)23-19(22-17)25-7-11-27-12-8-25;/h3-4,13H,5-12H2,1-2H3,(H,20,21,22,23);1H. The van der Waals surface area contributed by atoms with E-state index in [1.165, 1.54) is 5.56 Å². The fourth-order valence-electron chi connectivity index (χ4n) is 3.29. The molecule has 8 nitrogen and oxygen atoms in total. The molecule has 0 unspecified atom stereocenters. The third kappa shape index (κ3) is 4.81. The van der Waals surface area contributed by atoms with Gasteiger partial charge in [0.1, 0.15) is 0 Å². The van der Waals surface area contributed by atoms with E-state index < -0.39 is 0 Å². The number of hydrogen-bond donors (Lipinski definition) is 1. The van der Waals surface area contributed by atoms with Crippen LogP contribution in [-0.2, 0) is 9.47 Å². The van der Waals surface area contributed by atoms with Gasteiger partial charge in [-0.3, -0.25) is 0 Å². The Morgan fingerprint density at radius 3 is 1.86 bits per heavy atom. The number of halogens is 1. The highest BCUT2D eigenvalue weighted by Gasteiger charge is 2.20. The average molecular weight is 407 g/mol. The summed E-state index contributed by atoms with van der Waals surface area (Å²) in [6.07, 6.45) is 0. The zero-order chi connectivity index (χ0) is 18.6. The first-order valence-corrected chi connectivity index (χ1v) is 9.45. The molecule has 2 aromatic rings. The van der Waals surface area contributed by atoms with Crippen LogP contribution in [-0.4, -0.2) is 67.6 Å². The minimum Gasteiger partial charge on any atom is -0.378 e. The van der Waals surface area contributed by atoms with E-state index >= 15 is 0 Å². The van der Waals surface area contributed by atoms with Crippen molar-refractivity contribution in [2.45, 2.75) is 13.8 Å². The molecule has 2 aliphatic rings. The zero-order valence-corrected chi connectivity index (χ0v) is 17.2. The van der Waals surface area contributed by atoms with Crippen molar-refractivity contribution in [2.75, 3.05) is 67.7 Å². The first-order valence-electron chi connectivity index (χ1n) is 9.45. The van der Waals surface area contributed by atoms with Crippen LogP contribution in [0.2, 0.25) is 0 Å². The van der Waals surface area contributed by atoms with E-state index in [0.717, 1.165) is 37.4 Å². The van der Waals surface area contributed by atoms with Crippen LogP contribution in [0.3, 0.4) is 0 Å². The largest absolute Gasteiger partial charge is 0.378 e. The van der Waals surface area contributed by atoms with Gasteiger partial charge in [0.25, 0.3) is 0 Å². The number of nitrogens with one attached hydrogen (secondary N) is 1. The molecule has 9 heteroatoms. The molecule has 152 valence electrons. The summed E-state index contributed by atoms with van der Waals surface area (Å²) in [6, 6.07) is 6.30. The second-order valence-electron chi connectivity index (χ2n) is 6.90. The van der Waals surface area contributed by atoms with Crippen molar-refractivity contribution in [1.29, 1.82) is 0 Å². The van der Waals surface area contributed by atoms with E-state index in [4.69, 9.17) is 14.5 Å². The van der Waals surface area contributed by atoms with E-state index in [9.17, 15) is 0 Å². The quantitative estimate of drug-likeness (QED) is 0.829. The number of anilines is 4. The summed E-state index contributed by atoms with van der Waals surface area (Å²) in [5.41, 5.74) is 3.40. The SMILES string of the molecule is Cc1ccc(Nc2nc(N3CCOCC3)nc(N3CCOCC3)n2)c(C)c1.Cl. The van der Waals surface area contributed by atoms with E-state index in [2.05, 4.69) is 57.1 Å². The molecule has 1 N–H and O–H groups in total. The lowest BCUT2D eigenvalue weighted by Crippen LogP contribution is -2.40. The number of hydrogen-bond acceptors (Lipinski definition) is 8. The lowest BCUT2D eigenvalue weighted by atomic mass is 10.1. The van der Waals surface area contributed by atoms with E-state index in [1.54, 1.807) is 0 Å². The molecular weight excluding hydrogens is 380 g/mol. The van der Waals surface area contributed by atoms with Crippen molar-refractivity contribution >= 4 is 35.9 Å². The van der Waals surface area contributed by atoms with Gasteiger partial charge in [-0.2, -0.15) is 15.0 Å². The molecule has 28 heavy (non-hydrogen) atoms. The number of ether oxygens (including phenoxy) is 2. The Balaban J connectivity index is 0.00000225. The predicted octanol–water partition coefficient (Wildman–Crippen LogP) is 2.33. The molecule has 1 aromatic carbocycles. The summed E-state index contributed by atoms with van der Waals surface area (Å²) < 4.78 is 10.9. The number of aromatic nitrogens is 3. The summed E-state index contributed by atoms with van der Waals surface area (Å²) in [6.45, 7) is 10.1. The van der Waals surface area contributed by atoms with Gasteiger partial charge < -0.3 is 24.6 Å². The number of morpholine rings is 2. The fraction of sp³-hybridized carbons (Fsp3) is 0.526. The molecule has 0 saturated carbocycles. The van der Waals surface area contributed by atoms with Gasteiger partial charge in [-0.05, 0) is 25.5 Å². The summed E-state index contributed by atoms with van der Waals surface area (Å²) in [4.78, 5) is 18.4. The molecule has 1 aromatic heterocycles. The number of rotatable bonds is 4. The number of benzene rings is 1. The van der Waals surface area contributed by atoms with Gasteiger partial charge >= 0.3 is 0 Å². The lowest BCUT2D eigenvalue weighted by Gasteiger charge is -2.30. The summed E-state index contributed by atoms with van der Waals surface area (Å²) >= 11 is 0. The lowest BCUT2D eigenvalue weighted by molar-refractivity contribution is 0.121. The highest BCUT2D eigenvalue weighted by Crippen LogP contribution is 2.23. The topological polar surface area (TPSA) is 75.6 Å². The Morgan fingerprint density at radius 1 is 0.821 bits per heavy atom. The fourth-order valence-corrected chi connectivity index (χ4v) is 3.29. The first kappa shape index (κ1) is 20.6. The Labute approximate surface area is 171 Å². The van der Waals surface area contributed by atoms with Gasteiger partial charge in [-0.25, -0.2) is 0 Å². The molecule has 0 radical (unpaired) electrons. The van der Waals surface area contributed by atoms with Gasteiger partial charge in [-0.15, -0.1) is 12.4 Å². The summed E-state index contributed by atoms with van der Waals surface area (Å²) in [7, 11) is 0. The molecule has 0 atom stereocenters. The van der Waals surface area contributed by atoms with Crippen molar-refractivity contribution in [2.24, 2.45) is 0 Å². The van der Waals surface area contributed by atoms with Crippen molar-refractivity contribution in [3.05, 3.63) is 29.3 Å². The predicted molar refractivity (Wildman–Crippen MR) is 112 cm³/mol. The highest BCUT2D eigenvalue weighted by atomic mass is 35.5. The maximum absolute atomic E-state index is 5.47. The Bertz CT molecular complexity index is 758. The molecule has 0 spiro atoms. The molecule has 0 bridgehead atoms. The molecule has 2 aliphatic heterocycles. The smallest absolute Gasteiger partial charge is 0.233 e.